The summed E-state index contributed by atoms with van der Waals surface area (Å²) < 4.78 is 0. The maximum atomic E-state index is 13.8. The van der Waals surface area contributed by atoms with Crippen molar-refractivity contribution in [2.75, 3.05) is 11.4 Å². The molecule has 0 N–H and O–H groups in total. The Balaban J connectivity index is 1.73. The van der Waals surface area contributed by atoms with E-state index in [1.165, 1.54) is 11.1 Å². The Morgan fingerprint density at radius 3 is 2.20 bits per heavy atom. The van der Waals surface area contributed by atoms with Gasteiger partial charge in [-0.05, 0) is 35.2 Å². The Labute approximate surface area is 147 Å². The highest BCUT2D eigenvalue weighted by atomic mass is 16.2. The van der Waals surface area contributed by atoms with Crippen molar-refractivity contribution in [3.8, 4) is 0 Å². The molecule has 1 heterocycles. The maximum Gasteiger partial charge on any atom is 0.242 e. The lowest BCUT2D eigenvalue weighted by Gasteiger charge is -2.29. The average Bonchev–Trinajstić information content (AvgIpc) is 3.16. The van der Waals surface area contributed by atoms with Crippen molar-refractivity contribution in [2.45, 2.75) is 11.8 Å². The van der Waals surface area contributed by atoms with Crippen LogP contribution in [-0.4, -0.2) is 12.5 Å². The monoisotopic (exact) mass is 325 g/mol. The second kappa shape index (κ2) is 5.32. The van der Waals surface area contributed by atoms with Crippen LogP contribution in [0.15, 0.2) is 84.9 Å². The van der Waals surface area contributed by atoms with Crippen molar-refractivity contribution in [2.24, 2.45) is 5.92 Å². The van der Waals surface area contributed by atoms with Gasteiger partial charge in [-0.1, -0.05) is 72.8 Å². The molecule has 0 aromatic heterocycles. The molecule has 0 unspecified atom stereocenters. The molecule has 5 rings (SSSR count). The fraction of sp³-hybridized carbons (Fsp3) is 0.174. The molecule has 25 heavy (non-hydrogen) atoms. The van der Waals surface area contributed by atoms with Crippen LogP contribution in [0.1, 0.15) is 16.7 Å². The van der Waals surface area contributed by atoms with E-state index in [2.05, 4.69) is 36.4 Å². The van der Waals surface area contributed by atoms with E-state index in [0.29, 0.717) is 0 Å². The van der Waals surface area contributed by atoms with Crippen LogP contribution in [0, 0.1) is 5.92 Å². The van der Waals surface area contributed by atoms with E-state index >= 15 is 0 Å². The molecule has 3 aromatic carbocycles. The zero-order chi connectivity index (χ0) is 16.9. The molecule has 0 radical (unpaired) electrons. The van der Waals surface area contributed by atoms with Crippen molar-refractivity contribution in [3.63, 3.8) is 0 Å². The fourth-order valence-electron chi connectivity index (χ4n) is 4.78. The Hall–Kier alpha value is -2.87. The molecule has 1 aliphatic heterocycles. The third kappa shape index (κ3) is 1.88. The first kappa shape index (κ1) is 14.5. The highest BCUT2D eigenvalue weighted by Gasteiger charge is 2.60. The van der Waals surface area contributed by atoms with Gasteiger partial charge in [0.05, 0.1) is 0 Å². The summed E-state index contributed by atoms with van der Waals surface area (Å²) in [5.74, 6) is 0.486. The first-order chi connectivity index (χ1) is 12.3. The van der Waals surface area contributed by atoms with E-state index in [0.717, 1.165) is 24.2 Å². The number of fused-ring (bicyclic) bond motifs is 3. The Morgan fingerprint density at radius 2 is 1.44 bits per heavy atom. The van der Waals surface area contributed by atoms with Crippen LogP contribution in [0.2, 0.25) is 0 Å². The van der Waals surface area contributed by atoms with Gasteiger partial charge in [-0.2, -0.15) is 0 Å². The normalized spacial score (nSPS) is 24.2. The minimum atomic E-state index is -0.548. The number of anilines is 1. The lowest BCUT2D eigenvalue weighted by Crippen LogP contribution is -2.40. The van der Waals surface area contributed by atoms with Gasteiger partial charge >= 0.3 is 0 Å². The summed E-state index contributed by atoms with van der Waals surface area (Å²) in [7, 11) is 0. The van der Waals surface area contributed by atoms with Crippen LogP contribution >= 0.6 is 0 Å². The number of benzene rings is 3. The van der Waals surface area contributed by atoms with Crippen molar-refractivity contribution in [1.82, 2.24) is 0 Å². The topological polar surface area (TPSA) is 20.3 Å². The van der Waals surface area contributed by atoms with Gasteiger partial charge in [-0.15, -0.1) is 0 Å². The summed E-state index contributed by atoms with van der Waals surface area (Å²) in [5, 5.41) is 0. The summed E-state index contributed by atoms with van der Waals surface area (Å²) >= 11 is 0. The van der Waals surface area contributed by atoms with Crippen molar-refractivity contribution in [3.05, 3.63) is 102 Å². The quantitative estimate of drug-likeness (QED) is 0.692. The molecule has 122 valence electrons. The smallest absolute Gasteiger partial charge is 0.242 e. The van der Waals surface area contributed by atoms with Crippen LogP contribution in [0.5, 0.6) is 0 Å². The molecule has 2 nitrogen and oxygen atoms in total. The summed E-state index contributed by atoms with van der Waals surface area (Å²) in [4.78, 5) is 15.8. The molecule has 3 aromatic rings. The lowest BCUT2D eigenvalue weighted by atomic mass is 9.71. The first-order valence-electron chi connectivity index (χ1n) is 8.83. The summed E-state index contributed by atoms with van der Waals surface area (Å²) in [6.07, 6.45) is 0.958. The van der Waals surface area contributed by atoms with E-state index in [-0.39, 0.29) is 11.8 Å². The fourth-order valence-corrected chi connectivity index (χ4v) is 4.78. The van der Waals surface area contributed by atoms with E-state index in [1.807, 2.05) is 53.4 Å². The molecule has 1 saturated heterocycles. The van der Waals surface area contributed by atoms with Crippen molar-refractivity contribution in [1.29, 1.82) is 0 Å². The molecule has 0 bridgehead atoms. The second-order valence-electron chi connectivity index (χ2n) is 6.98. The molecule has 2 atom stereocenters. The molecule has 1 amide bonds. The van der Waals surface area contributed by atoms with Gasteiger partial charge in [-0.3, -0.25) is 4.79 Å². The van der Waals surface area contributed by atoms with E-state index in [1.54, 1.807) is 0 Å². The predicted molar refractivity (Wildman–Crippen MR) is 99.7 cm³/mol. The van der Waals surface area contributed by atoms with Crippen LogP contribution in [0.3, 0.4) is 0 Å². The first-order valence-corrected chi connectivity index (χ1v) is 8.83. The summed E-state index contributed by atoms with van der Waals surface area (Å²) in [6, 6.07) is 28.9. The third-order valence-corrected chi connectivity index (χ3v) is 5.80. The maximum absolute atomic E-state index is 13.8. The van der Waals surface area contributed by atoms with Crippen LogP contribution in [0.4, 0.5) is 5.69 Å². The van der Waals surface area contributed by atoms with Gasteiger partial charge in [0.1, 0.15) is 5.41 Å². The summed E-state index contributed by atoms with van der Waals surface area (Å²) in [5.41, 5.74) is 4.07. The molecule has 2 aliphatic rings. The molecule has 0 saturated carbocycles. The minimum Gasteiger partial charge on any atom is -0.311 e. The number of nitrogens with zero attached hydrogens (tertiary/aromatic N) is 1. The molecule has 0 spiro atoms. The Bertz CT molecular complexity index is 935. The van der Waals surface area contributed by atoms with Crippen LogP contribution < -0.4 is 4.90 Å². The van der Waals surface area contributed by atoms with Crippen LogP contribution in [-0.2, 0) is 16.6 Å². The Kier molecular flexibility index (Phi) is 3.08. The minimum absolute atomic E-state index is 0.208. The number of hydrogen-bond acceptors (Lipinski definition) is 1. The van der Waals surface area contributed by atoms with Gasteiger partial charge in [0, 0.05) is 18.2 Å². The highest BCUT2D eigenvalue weighted by Crippen LogP contribution is 2.53. The largest absolute Gasteiger partial charge is 0.311 e. The molecular formula is C23H19NO. The molecule has 1 fully saturated rings. The number of hydrogen-bond donors (Lipinski definition) is 0. The van der Waals surface area contributed by atoms with E-state index < -0.39 is 5.41 Å². The molecule has 2 heteroatoms. The Morgan fingerprint density at radius 1 is 0.800 bits per heavy atom. The van der Waals surface area contributed by atoms with E-state index in [4.69, 9.17) is 0 Å². The lowest BCUT2D eigenvalue weighted by molar-refractivity contribution is -0.121. The zero-order valence-electron chi connectivity index (χ0n) is 13.9. The standard InChI is InChI=1S/C23H19NO/c25-22-23(18-10-3-1-4-11-18)19(15-17-9-7-8-14-21(17)23)16-24(22)20-12-5-2-6-13-20/h1-14,19H,15-16H2/t19-,23+/m1/s1. The van der Waals surface area contributed by atoms with Crippen molar-refractivity contribution < 1.29 is 4.79 Å². The number of rotatable bonds is 2. The summed E-state index contributed by atoms with van der Waals surface area (Å²) in [6.45, 7) is 0.770. The number of carbonyl (C=O) groups is 1. The zero-order valence-corrected chi connectivity index (χ0v) is 13.9. The van der Waals surface area contributed by atoms with Gasteiger partial charge < -0.3 is 4.90 Å². The second-order valence-corrected chi connectivity index (χ2v) is 6.98. The van der Waals surface area contributed by atoms with Gasteiger partial charge in [0.2, 0.25) is 5.91 Å². The van der Waals surface area contributed by atoms with Gasteiger partial charge in [-0.25, -0.2) is 0 Å². The third-order valence-electron chi connectivity index (χ3n) is 5.80. The SMILES string of the molecule is O=C1N(c2ccccc2)C[C@H]2Cc3ccccc3[C@@]12c1ccccc1. The average molecular weight is 325 g/mol. The molecule has 1 aliphatic carbocycles. The molecular weight excluding hydrogens is 306 g/mol. The van der Waals surface area contributed by atoms with E-state index in [9.17, 15) is 4.79 Å². The number of carbonyl (C=O) groups excluding carboxylic acids is 1. The van der Waals surface area contributed by atoms with Crippen molar-refractivity contribution >= 4 is 11.6 Å². The van der Waals surface area contributed by atoms with Gasteiger partial charge in [0.15, 0.2) is 0 Å². The van der Waals surface area contributed by atoms with Gasteiger partial charge in [0.25, 0.3) is 0 Å². The van der Waals surface area contributed by atoms with Crippen LogP contribution in [0.25, 0.3) is 0 Å². The highest BCUT2D eigenvalue weighted by molar-refractivity contribution is 6.07. The number of amides is 1. The number of para-hydroxylation sites is 1. The predicted octanol–water partition coefficient (Wildman–Crippen LogP) is 4.19.